The van der Waals surface area contributed by atoms with Gasteiger partial charge in [-0.3, -0.25) is 4.79 Å². The number of likely N-dealkylation sites (tertiary alicyclic amines) is 1. The molecule has 0 bridgehead atoms. The molecule has 0 aromatic rings. The number of hydrogen-bond donors (Lipinski definition) is 2. The first-order valence-corrected chi connectivity index (χ1v) is 5.86. The fourth-order valence-electron chi connectivity index (χ4n) is 2.14. The fourth-order valence-corrected chi connectivity index (χ4v) is 2.14. The van der Waals surface area contributed by atoms with E-state index in [0.29, 0.717) is 12.3 Å². The maximum atomic E-state index is 10.4. The van der Waals surface area contributed by atoms with Crippen LogP contribution in [0, 0.1) is 5.92 Å². The van der Waals surface area contributed by atoms with E-state index in [9.17, 15) is 4.79 Å². The van der Waals surface area contributed by atoms with Gasteiger partial charge in [0, 0.05) is 6.42 Å². The van der Waals surface area contributed by atoms with Crippen molar-refractivity contribution in [1.29, 1.82) is 0 Å². The lowest BCUT2D eigenvalue weighted by Crippen LogP contribution is -2.35. The van der Waals surface area contributed by atoms with Crippen molar-refractivity contribution in [1.82, 2.24) is 4.90 Å². The molecule has 0 unspecified atom stereocenters. The van der Waals surface area contributed by atoms with Crippen molar-refractivity contribution < 1.29 is 9.90 Å². The zero-order chi connectivity index (χ0) is 11.1. The van der Waals surface area contributed by atoms with Crippen molar-refractivity contribution in [2.24, 2.45) is 11.7 Å². The Morgan fingerprint density at radius 1 is 1.40 bits per heavy atom. The van der Waals surface area contributed by atoms with Crippen molar-refractivity contribution in [2.75, 3.05) is 26.2 Å². The normalized spacial score (nSPS) is 19.3. The van der Waals surface area contributed by atoms with E-state index >= 15 is 0 Å². The van der Waals surface area contributed by atoms with Crippen LogP contribution in [-0.4, -0.2) is 42.2 Å². The smallest absolute Gasteiger partial charge is 0.303 e. The van der Waals surface area contributed by atoms with Gasteiger partial charge in [-0.15, -0.1) is 0 Å². The average molecular weight is 214 g/mol. The zero-order valence-corrected chi connectivity index (χ0v) is 9.32. The van der Waals surface area contributed by atoms with Gasteiger partial charge < -0.3 is 15.7 Å². The van der Waals surface area contributed by atoms with Crippen molar-refractivity contribution in [3.8, 4) is 0 Å². The van der Waals surface area contributed by atoms with E-state index in [2.05, 4.69) is 4.90 Å². The largest absolute Gasteiger partial charge is 0.481 e. The molecule has 0 aromatic heterocycles. The predicted octanol–water partition coefficient (Wildman–Crippen LogP) is 0.912. The van der Waals surface area contributed by atoms with Gasteiger partial charge in [-0.1, -0.05) is 0 Å². The van der Waals surface area contributed by atoms with Gasteiger partial charge in [-0.2, -0.15) is 0 Å². The second-order valence-electron chi connectivity index (χ2n) is 4.36. The van der Waals surface area contributed by atoms with E-state index in [1.165, 1.54) is 0 Å². The fraction of sp³-hybridized carbons (Fsp3) is 0.909. The Morgan fingerprint density at radius 2 is 2.07 bits per heavy atom. The summed E-state index contributed by atoms with van der Waals surface area (Å²) in [5.41, 5.74) is 5.46. The van der Waals surface area contributed by atoms with Gasteiger partial charge in [0.2, 0.25) is 0 Å². The first-order valence-electron chi connectivity index (χ1n) is 5.86. The number of carboxylic acids is 1. The number of nitrogens with zero attached hydrogens (tertiary/aromatic N) is 1. The molecule has 0 saturated carbocycles. The van der Waals surface area contributed by atoms with Crippen LogP contribution >= 0.6 is 0 Å². The second kappa shape index (κ2) is 6.80. The molecule has 0 amide bonds. The topological polar surface area (TPSA) is 66.6 Å². The van der Waals surface area contributed by atoms with Crippen molar-refractivity contribution in [3.05, 3.63) is 0 Å². The molecule has 1 rings (SSSR count). The molecule has 4 nitrogen and oxygen atoms in total. The van der Waals surface area contributed by atoms with E-state index in [4.69, 9.17) is 10.8 Å². The number of carboxylic acid groups (broad SMARTS) is 1. The van der Waals surface area contributed by atoms with Crippen molar-refractivity contribution >= 4 is 5.97 Å². The van der Waals surface area contributed by atoms with Gasteiger partial charge in [0.05, 0.1) is 0 Å². The molecule has 0 radical (unpaired) electrons. The third-order valence-corrected chi connectivity index (χ3v) is 3.15. The Hall–Kier alpha value is -0.610. The van der Waals surface area contributed by atoms with Gasteiger partial charge in [0.15, 0.2) is 0 Å². The third-order valence-electron chi connectivity index (χ3n) is 3.15. The van der Waals surface area contributed by atoms with Gasteiger partial charge in [0.25, 0.3) is 0 Å². The summed E-state index contributed by atoms with van der Waals surface area (Å²) in [6.07, 6.45) is 4.54. The lowest BCUT2D eigenvalue weighted by atomic mass is 9.92. The van der Waals surface area contributed by atoms with Crippen molar-refractivity contribution in [2.45, 2.75) is 32.1 Å². The monoisotopic (exact) mass is 214 g/mol. The molecule has 1 fully saturated rings. The highest BCUT2D eigenvalue weighted by molar-refractivity contribution is 5.66. The highest BCUT2D eigenvalue weighted by Gasteiger charge is 2.18. The van der Waals surface area contributed by atoms with E-state index in [1.54, 1.807) is 0 Å². The lowest BCUT2D eigenvalue weighted by molar-refractivity contribution is -0.137. The summed E-state index contributed by atoms with van der Waals surface area (Å²) in [6.45, 7) is 4.09. The van der Waals surface area contributed by atoms with Gasteiger partial charge in [-0.25, -0.2) is 0 Å². The minimum atomic E-state index is -0.666. The van der Waals surface area contributed by atoms with Crippen LogP contribution in [0.15, 0.2) is 0 Å². The van der Waals surface area contributed by atoms with Crippen molar-refractivity contribution in [3.63, 3.8) is 0 Å². The minimum absolute atomic E-state index is 0.327. The Kier molecular flexibility index (Phi) is 5.65. The molecule has 0 spiro atoms. The standard InChI is InChI=1S/C11H22N2O2/c12-6-1-7-13-8-4-10(5-9-13)2-3-11(14)15/h10H,1-9,12H2,(H,14,15). The number of aliphatic carboxylic acids is 1. The summed E-state index contributed by atoms with van der Waals surface area (Å²) < 4.78 is 0. The molecule has 88 valence electrons. The first-order chi connectivity index (χ1) is 7.22. The Bertz CT molecular complexity index is 189. The number of nitrogens with two attached hydrogens (primary N) is 1. The molecule has 0 atom stereocenters. The van der Waals surface area contributed by atoms with Crippen LogP contribution < -0.4 is 5.73 Å². The van der Waals surface area contributed by atoms with E-state index in [-0.39, 0.29) is 0 Å². The molecule has 1 aliphatic heterocycles. The van der Waals surface area contributed by atoms with Crippen LogP contribution in [0.2, 0.25) is 0 Å². The number of rotatable bonds is 6. The Balaban J connectivity index is 2.09. The van der Waals surface area contributed by atoms with Gasteiger partial charge in [-0.05, 0) is 57.8 Å². The molecule has 1 heterocycles. The highest BCUT2D eigenvalue weighted by Crippen LogP contribution is 2.21. The second-order valence-corrected chi connectivity index (χ2v) is 4.36. The van der Waals surface area contributed by atoms with Crippen LogP contribution in [0.5, 0.6) is 0 Å². The van der Waals surface area contributed by atoms with Crippen LogP contribution in [0.3, 0.4) is 0 Å². The molecule has 4 heteroatoms. The summed E-state index contributed by atoms with van der Waals surface area (Å²) in [5, 5.41) is 8.59. The SMILES string of the molecule is NCCCN1CCC(CCC(=O)O)CC1. The molecular formula is C11H22N2O2. The molecule has 0 aliphatic carbocycles. The summed E-state index contributed by atoms with van der Waals surface area (Å²) >= 11 is 0. The number of carbonyl (C=O) groups is 1. The summed E-state index contributed by atoms with van der Waals surface area (Å²) in [4.78, 5) is 12.9. The molecule has 0 aromatic carbocycles. The number of piperidine rings is 1. The average Bonchev–Trinajstić information content (AvgIpc) is 2.25. The summed E-state index contributed by atoms with van der Waals surface area (Å²) in [5.74, 6) is -0.0456. The van der Waals surface area contributed by atoms with Crippen LogP contribution in [0.1, 0.15) is 32.1 Å². The quantitative estimate of drug-likeness (QED) is 0.689. The summed E-state index contributed by atoms with van der Waals surface area (Å²) in [6, 6.07) is 0. The summed E-state index contributed by atoms with van der Waals surface area (Å²) in [7, 11) is 0. The van der Waals surface area contributed by atoms with Crippen LogP contribution in [0.25, 0.3) is 0 Å². The van der Waals surface area contributed by atoms with E-state index in [1.807, 2.05) is 0 Å². The first kappa shape index (κ1) is 12.5. The van der Waals surface area contributed by atoms with E-state index in [0.717, 1.165) is 51.9 Å². The highest BCUT2D eigenvalue weighted by atomic mass is 16.4. The lowest BCUT2D eigenvalue weighted by Gasteiger charge is -2.31. The molecule has 1 aliphatic rings. The molecule has 15 heavy (non-hydrogen) atoms. The maximum absolute atomic E-state index is 10.4. The van der Waals surface area contributed by atoms with Gasteiger partial charge >= 0.3 is 5.97 Å². The molecule has 1 saturated heterocycles. The third kappa shape index (κ3) is 5.14. The Labute approximate surface area is 91.4 Å². The van der Waals surface area contributed by atoms with Crippen LogP contribution in [0.4, 0.5) is 0 Å². The molecule has 3 N–H and O–H groups in total. The minimum Gasteiger partial charge on any atom is -0.481 e. The van der Waals surface area contributed by atoms with Crippen LogP contribution in [-0.2, 0) is 4.79 Å². The molecular weight excluding hydrogens is 192 g/mol. The van der Waals surface area contributed by atoms with E-state index < -0.39 is 5.97 Å². The maximum Gasteiger partial charge on any atom is 0.303 e. The zero-order valence-electron chi connectivity index (χ0n) is 9.32. The predicted molar refractivity (Wildman–Crippen MR) is 59.7 cm³/mol. The van der Waals surface area contributed by atoms with Gasteiger partial charge in [0.1, 0.15) is 0 Å². The Morgan fingerprint density at radius 3 is 2.60 bits per heavy atom. The number of hydrogen-bond acceptors (Lipinski definition) is 3.